The number of nitrogens with zero attached hydrogens (tertiary/aromatic N) is 1. The van der Waals surface area contributed by atoms with Gasteiger partial charge in [0.1, 0.15) is 6.04 Å². The van der Waals surface area contributed by atoms with Crippen molar-refractivity contribution in [3.05, 3.63) is 48.6 Å². The van der Waals surface area contributed by atoms with E-state index in [9.17, 15) is 19.2 Å². The second-order valence-corrected chi connectivity index (χ2v) is 12.6. The molecule has 0 radical (unpaired) electrons. The van der Waals surface area contributed by atoms with E-state index in [1.807, 2.05) is 45.9 Å². The maximum atomic E-state index is 14.0. The monoisotopic (exact) mass is 538 g/mol. The molecule has 1 aromatic carbocycles. The zero-order valence-corrected chi connectivity index (χ0v) is 24.4. The van der Waals surface area contributed by atoms with Gasteiger partial charge in [-0.2, -0.15) is 0 Å². The summed E-state index contributed by atoms with van der Waals surface area (Å²) in [6.07, 6.45) is 3.25. The highest BCUT2D eigenvalue weighted by molar-refractivity contribution is 6.38. The molecule has 214 valence electrons. The minimum absolute atomic E-state index is 0.0124. The van der Waals surface area contributed by atoms with Gasteiger partial charge in [-0.05, 0) is 47.6 Å². The van der Waals surface area contributed by atoms with Crippen LogP contribution >= 0.6 is 0 Å². The molecule has 39 heavy (non-hydrogen) atoms. The normalized spacial score (nSPS) is 22.8. The fourth-order valence-corrected chi connectivity index (χ4v) is 5.97. The van der Waals surface area contributed by atoms with Gasteiger partial charge in [-0.3, -0.25) is 19.2 Å². The van der Waals surface area contributed by atoms with Gasteiger partial charge in [0.25, 0.3) is 5.91 Å². The quantitative estimate of drug-likeness (QED) is 0.264. The molecule has 3 rings (SSSR count). The van der Waals surface area contributed by atoms with Crippen molar-refractivity contribution in [3.63, 3.8) is 0 Å². The van der Waals surface area contributed by atoms with E-state index in [4.69, 9.17) is 0 Å². The Morgan fingerprint density at radius 2 is 1.82 bits per heavy atom. The number of fused-ring (bicyclic) bond motifs is 1. The highest BCUT2D eigenvalue weighted by Gasteiger charge is 2.69. The van der Waals surface area contributed by atoms with Crippen LogP contribution in [0, 0.1) is 22.7 Å². The summed E-state index contributed by atoms with van der Waals surface area (Å²) in [6, 6.07) is 8.03. The Bertz CT molecular complexity index is 1060. The number of nitrogens with one attached hydrogen (secondary N) is 3. The van der Waals surface area contributed by atoms with E-state index < -0.39 is 29.8 Å². The van der Waals surface area contributed by atoms with Crippen molar-refractivity contribution < 1.29 is 19.2 Å². The number of ketones is 1. The van der Waals surface area contributed by atoms with Crippen molar-refractivity contribution in [2.45, 2.75) is 78.9 Å². The summed E-state index contributed by atoms with van der Waals surface area (Å²) < 4.78 is 0. The van der Waals surface area contributed by atoms with Gasteiger partial charge in [0.2, 0.25) is 17.6 Å². The lowest BCUT2D eigenvalue weighted by Crippen LogP contribution is -2.60. The van der Waals surface area contributed by atoms with Crippen molar-refractivity contribution in [1.82, 2.24) is 20.9 Å². The standard InChI is InChI=1S/C31H46N4O4/c1-8-13-22(25(36)28(38)33-17-9-2)34-27(37)24-23-21(31(23,6)7)19-35(24)29(39)26(30(3,4)5)32-18-16-20-14-11-10-12-15-20/h9-12,14-15,21-24,26,32H,2,8,13,16-19H2,1,3-7H3,(H,33,38)(H,34,37)/t21?,22?,23?,24-,26?/m0/s1. The fraction of sp³-hybridized carbons (Fsp3) is 0.613. The van der Waals surface area contributed by atoms with Crippen LogP contribution in [-0.2, 0) is 25.6 Å². The van der Waals surface area contributed by atoms with Gasteiger partial charge < -0.3 is 20.9 Å². The highest BCUT2D eigenvalue weighted by Crippen LogP contribution is 2.65. The summed E-state index contributed by atoms with van der Waals surface area (Å²) in [5.74, 6) is -1.64. The molecular weight excluding hydrogens is 492 g/mol. The molecule has 4 unspecified atom stereocenters. The molecule has 0 bridgehead atoms. The lowest BCUT2D eigenvalue weighted by Gasteiger charge is -2.38. The predicted octanol–water partition coefficient (Wildman–Crippen LogP) is 2.87. The summed E-state index contributed by atoms with van der Waals surface area (Å²) in [6.45, 7) is 17.1. The van der Waals surface area contributed by atoms with E-state index in [2.05, 4.69) is 48.5 Å². The third-order valence-electron chi connectivity index (χ3n) is 8.32. The summed E-state index contributed by atoms with van der Waals surface area (Å²) >= 11 is 0. The second kappa shape index (κ2) is 12.5. The zero-order chi connectivity index (χ0) is 29.0. The van der Waals surface area contributed by atoms with Crippen molar-refractivity contribution in [2.75, 3.05) is 19.6 Å². The molecule has 0 spiro atoms. The average Bonchev–Trinajstić information content (AvgIpc) is 3.21. The van der Waals surface area contributed by atoms with E-state index in [1.54, 1.807) is 4.90 Å². The molecule has 2 aliphatic rings. The summed E-state index contributed by atoms with van der Waals surface area (Å²) in [4.78, 5) is 54.7. The van der Waals surface area contributed by atoms with Gasteiger partial charge >= 0.3 is 0 Å². The minimum atomic E-state index is -0.937. The molecule has 2 fully saturated rings. The van der Waals surface area contributed by atoms with E-state index >= 15 is 0 Å². The summed E-state index contributed by atoms with van der Waals surface area (Å²) in [5.41, 5.74) is 0.749. The SMILES string of the molecule is C=CCNC(=O)C(=O)C(CCC)NC(=O)[C@@H]1C2C(CN1C(=O)C(NCCc1ccccc1)C(C)(C)C)C2(C)C. The molecule has 3 amide bonds. The van der Waals surface area contributed by atoms with E-state index in [0.29, 0.717) is 25.9 Å². The van der Waals surface area contributed by atoms with Crippen LogP contribution in [0.25, 0.3) is 0 Å². The highest BCUT2D eigenvalue weighted by atomic mass is 16.2. The first kappa shape index (κ1) is 30.5. The topological polar surface area (TPSA) is 108 Å². The summed E-state index contributed by atoms with van der Waals surface area (Å²) in [7, 11) is 0. The Hall–Kier alpha value is -3.00. The van der Waals surface area contributed by atoms with E-state index in [-0.39, 0.29) is 41.0 Å². The predicted molar refractivity (Wildman–Crippen MR) is 153 cm³/mol. The number of hydrogen-bond acceptors (Lipinski definition) is 5. The Labute approximate surface area is 233 Å². The third kappa shape index (κ3) is 6.96. The molecule has 8 heteroatoms. The van der Waals surface area contributed by atoms with Gasteiger partial charge in [0, 0.05) is 13.1 Å². The van der Waals surface area contributed by atoms with Crippen molar-refractivity contribution in [3.8, 4) is 0 Å². The molecular formula is C31H46N4O4. The number of Topliss-reactive ketones (excluding diaryl/α,β-unsaturated/α-hetero) is 1. The van der Waals surface area contributed by atoms with Gasteiger partial charge in [0.15, 0.2) is 0 Å². The molecule has 1 saturated heterocycles. The Morgan fingerprint density at radius 3 is 2.41 bits per heavy atom. The summed E-state index contributed by atoms with van der Waals surface area (Å²) in [5, 5.41) is 8.82. The molecule has 1 saturated carbocycles. The molecule has 0 aromatic heterocycles. The van der Waals surface area contributed by atoms with Gasteiger partial charge in [-0.15, -0.1) is 6.58 Å². The fourth-order valence-electron chi connectivity index (χ4n) is 5.97. The van der Waals surface area contributed by atoms with Crippen LogP contribution < -0.4 is 16.0 Å². The number of hydrogen-bond donors (Lipinski definition) is 3. The first-order chi connectivity index (χ1) is 18.3. The lowest BCUT2D eigenvalue weighted by molar-refractivity contribution is -0.145. The second-order valence-electron chi connectivity index (χ2n) is 12.6. The van der Waals surface area contributed by atoms with Crippen molar-refractivity contribution in [1.29, 1.82) is 0 Å². The molecule has 5 atom stereocenters. The largest absolute Gasteiger partial charge is 0.346 e. The van der Waals surface area contributed by atoms with E-state index in [1.165, 1.54) is 11.6 Å². The van der Waals surface area contributed by atoms with Gasteiger partial charge in [-0.25, -0.2) is 0 Å². The third-order valence-corrected chi connectivity index (χ3v) is 8.32. The maximum Gasteiger partial charge on any atom is 0.289 e. The number of likely N-dealkylation sites (tertiary alicyclic amines) is 1. The Balaban J connectivity index is 1.77. The van der Waals surface area contributed by atoms with Crippen molar-refractivity contribution >= 4 is 23.5 Å². The van der Waals surface area contributed by atoms with Crippen LogP contribution in [0.2, 0.25) is 0 Å². The van der Waals surface area contributed by atoms with Gasteiger partial charge in [0.05, 0.1) is 12.1 Å². The first-order valence-corrected chi connectivity index (χ1v) is 14.2. The smallest absolute Gasteiger partial charge is 0.289 e. The number of carbonyl (C=O) groups excluding carboxylic acids is 4. The molecule has 1 heterocycles. The first-order valence-electron chi connectivity index (χ1n) is 14.2. The molecule has 8 nitrogen and oxygen atoms in total. The Kier molecular flexibility index (Phi) is 9.75. The Morgan fingerprint density at radius 1 is 1.15 bits per heavy atom. The number of piperidine rings is 1. The minimum Gasteiger partial charge on any atom is -0.346 e. The maximum absolute atomic E-state index is 14.0. The van der Waals surface area contributed by atoms with Gasteiger partial charge in [-0.1, -0.05) is 84.4 Å². The molecule has 1 aliphatic carbocycles. The van der Waals surface area contributed by atoms with Crippen LogP contribution in [0.3, 0.4) is 0 Å². The van der Waals surface area contributed by atoms with Crippen LogP contribution in [0.15, 0.2) is 43.0 Å². The number of amides is 3. The average molecular weight is 539 g/mol. The van der Waals surface area contributed by atoms with Crippen LogP contribution in [0.5, 0.6) is 0 Å². The molecule has 1 aliphatic heterocycles. The molecule has 1 aromatic rings. The van der Waals surface area contributed by atoms with E-state index in [0.717, 1.165) is 6.42 Å². The molecule has 3 N–H and O–H groups in total. The van der Waals surface area contributed by atoms with Crippen LogP contribution in [0.4, 0.5) is 0 Å². The number of rotatable bonds is 13. The lowest BCUT2D eigenvalue weighted by atomic mass is 9.85. The number of benzene rings is 1. The number of carbonyl (C=O) groups is 4. The zero-order valence-electron chi connectivity index (χ0n) is 24.4. The van der Waals surface area contributed by atoms with Crippen molar-refractivity contribution in [2.24, 2.45) is 22.7 Å². The van der Waals surface area contributed by atoms with Crippen LogP contribution in [0.1, 0.15) is 59.9 Å². The van der Waals surface area contributed by atoms with Crippen LogP contribution in [-0.4, -0.2) is 66.2 Å².